The van der Waals surface area contributed by atoms with E-state index in [1.54, 1.807) is 4.90 Å². The normalized spacial score (nSPS) is 31.3. The van der Waals surface area contributed by atoms with E-state index >= 15 is 0 Å². The molecule has 2 aliphatic rings. The van der Waals surface area contributed by atoms with E-state index in [4.69, 9.17) is 5.73 Å². The molecule has 0 aromatic heterocycles. The minimum Gasteiger partial charge on any atom is -0.328 e. The smallest absolute Gasteiger partial charge is 0.236 e. The lowest BCUT2D eigenvalue weighted by atomic mass is 9.76. The fraction of sp³-hybridized carbons (Fsp3) is 0.867. The SMILES string of the molecule is CC(C)C1(C)CC(=O)N(C2(CN)CCCCC2)C1=O. The van der Waals surface area contributed by atoms with Gasteiger partial charge in [-0.3, -0.25) is 14.5 Å². The zero-order chi connectivity index (χ0) is 14.3. The Labute approximate surface area is 115 Å². The minimum absolute atomic E-state index is 0.000139. The maximum absolute atomic E-state index is 12.8. The molecule has 2 fully saturated rings. The quantitative estimate of drug-likeness (QED) is 0.795. The second-order valence-electron chi connectivity index (χ2n) is 6.77. The molecule has 19 heavy (non-hydrogen) atoms. The number of nitrogens with zero attached hydrogens (tertiary/aromatic N) is 1. The number of hydrogen-bond acceptors (Lipinski definition) is 3. The lowest BCUT2D eigenvalue weighted by Gasteiger charge is -2.43. The summed E-state index contributed by atoms with van der Waals surface area (Å²) in [6.07, 6.45) is 5.38. The lowest BCUT2D eigenvalue weighted by molar-refractivity contribution is -0.150. The summed E-state index contributed by atoms with van der Waals surface area (Å²) in [5.41, 5.74) is 5.01. The fourth-order valence-corrected chi connectivity index (χ4v) is 3.50. The Kier molecular flexibility index (Phi) is 3.74. The number of likely N-dealkylation sites (tertiary alicyclic amines) is 1. The van der Waals surface area contributed by atoms with E-state index in [2.05, 4.69) is 0 Å². The van der Waals surface area contributed by atoms with Gasteiger partial charge in [-0.2, -0.15) is 0 Å². The average Bonchev–Trinajstić information content (AvgIpc) is 2.62. The molecule has 1 saturated carbocycles. The minimum atomic E-state index is -0.545. The van der Waals surface area contributed by atoms with Crippen LogP contribution in [0.3, 0.4) is 0 Å². The zero-order valence-corrected chi connectivity index (χ0v) is 12.4. The highest BCUT2D eigenvalue weighted by molar-refractivity contribution is 6.06. The third-order valence-electron chi connectivity index (χ3n) is 5.37. The summed E-state index contributed by atoms with van der Waals surface area (Å²) < 4.78 is 0. The van der Waals surface area contributed by atoms with Gasteiger partial charge in [0, 0.05) is 13.0 Å². The second-order valence-corrected chi connectivity index (χ2v) is 6.77. The van der Waals surface area contributed by atoms with Gasteiger partial charge in [-0.05, 0) is 25.7 Å². The van der Waals surface area contributed by atoms with E-state index in [0.29, 0.717) is 13.0 Å². The molecule has 4 nitrogen and oxygen atoms in total. The molecular formula is C15H26N2O2. The van der Waals surface area contributed by atoms with Gasteiger partial charge in [0.05, 0.1) is 11.0 Å². The lowest BCUT2D eigenvalue weighted by Crippen LogP contribution is -2.58. The summed E-state index contributed by atoms with van der Waals surface area (Å²) in [6, 6.07) is 0. The molecule has 0 radical (unpaired) electrons. The standard InChI is InChI=1S/C15H26N2O2/c1-11(2)14(3)9-12(18)17(13(14)19)15(10-16)7-5-4-6-8-15/h11H,4-10,16H2,1-3H3. The molecular weight excluding hydrogens is 240 g/mol. The molecule has 1 unspecified atom stereocenters. The maximum Gasteiger partial charge on any atom is 0.236 e. The van der Waals surface area contributed by atoms with E-state index in [1.807, 2.05) is 20.8 Å². The fourth-order valence-electron chi connectivity index (χ4n) is 3.50. The Bertz CT molecular complexity index is 386. The van der Waals surface area contributed by atoms with Crippen molar-refractivity contribution in [3.63, 3.8) is 0 Å². The average molecular weight is 266 g/mol. The molecule has 108 valence electrons. The van der Waals surface area contributed by atoms with E-state index < -0.39 is 11.0 Å². The summed E-state index contributed by atoms with van der Waals surface area (Å²) in [5.74, 6) is 0.153. The second kappa shape index (κ2) is 4.89. The summed E-state index contributed by atoms with van der Waals surface area (Å²) in [5, 5.41) is 0. The predicted octanol–water partition coefficient (Wildman–Crippen LogP) is 2.07. The number of rotatable bonds is 3. The molecule has 1 aliphatic heterocycles. The monoisotopic (exact) mass is 266 g/mol. The third kappa shape index (κ3) is 2.10. The van der Waals surface area contributed by atoms with Crippen molar-refractivity contribution in [3.05, 3.63) is 0 Å². The van der Waals surface area contributed by atoms with Crippen LogP contribution in [0.4, 0.5) is 0 Å². The zero-order valence-electron chi connectivity index (χ0n) is 12.4. The first-order chi connectivity index (χ1) is 8.87. The van der Waals surface area contributed by atoms with Crippen LogP contribution in [0.25, 0.3) is 0 Å². The molecule has 0 bridgehead atoms. The topological polar surface area (TPSA) is 63.4 Å². The molecule has 1 atom stereocenters. The van der Waals surface area contributed by atoms with E-state index in [0.717, 1.165) is 25.7 Å². The summed E-state index contributed by atoms with van der Waals surface area (Å²) in [4.78, 5) is 26.8. The van der Waals surface area contributed by atoms with Gasteiger partial charge in [0.15, 0.2) is 0 Å². The summed E-state index contributed by atoms with van der Waals surface area (Å²) in [7, 11) is 0. The van der Waals surface area contributed by atoms with Crippen LogP contribution in [0.1, 0.15) is 59.3 Å². The predicted molar refractivity (Wildman–Crippen MR) is 74.3 cm³/mol. The van der Waals surface area contributed by atoms with Crippen LogP contribution in [-0.4, -0.2) is 28.8 Å². The number of imide groups is 1. The van der Waals surface area contributed by atoms with E-state index in [1.165, 1.54) is 6.42 Å². The molecule has 0 aromatic rings. The van der Waals surface area contributed by atoms with Crippen molar-refractivity contribution >= 4 is 11.8 Å². The Morgan fingerprint density at radius 1 is 1.21 bits per heavy atom. The number of nitrogens with two attached hydrogens (primary N) is 1. The molecule has 0 spiro atoms. The molecule has 1 aliphatic carbocycles. The van der Waals surface area contributed by atoms with Crippen LogP contribution >= 0.6 is 0 Å². The first-order valence-corrected chi connectivity index (χ1v) is 7.45. The Hall–Kier alpha value is -0.900. The van der Waals surface area contributed by atoms with Gasteiger partial charge in [-0.15, -0.1) is 0 Å². The van der Waals surface area contributed by atoms with Crippen molar-refractivity contribution in [1.29, 1.82) is 0 Å². The molecule has 1 saturated heterocycles. The van der Waals surface area contributed by atoms with Crippen molar-refractivity contribution in [2.75, 3.05) is 6.54 Å². The molecule has 2 rings (SSSR count). The number of carbonyl (C=O) groups excluding carboxylic acids is 2. The molecule has 2 amide bonds. The van der Waals surface area contributed by atoms with Gasteiger partial charge in [0.1, 0.15) is 0 Å². The van der Waals surface area contributed by atoms with Crippen LogP contribution in [0.2, 0.25) is 0 Å². The van der Waals surface area contributed by atoms with Gasteiger partial charge in [-0.1, -0.05) is 33.1 Å². The molecule has 1 heterocycles. The number of hydrogen-bond donors (Lipinski definition) is 1. The van der Waals surface area contributed by atoms with Crippen molar-refractivity contribution in [3.8, 4) is 0 Å². The van der Waals surface area contributed by atoms with Gasteiger partial charge in [0.25, 0.3) is 0 Å². The van der Waals surface area contributed by atoms with Gasteiger partial charge >= 0.3 is 0 Å². The van der Waals surface area contributed by atoms with Crippen LogP contribution in [0.5, 0.6) is 0 Å². The van der Waals surface area contributed by atoms with Gasteiger partial charge in [0.2, 0.25) is 11.8 Å². The van der Waals surface area contributed by atoms with Crippen molar-refractivity contribution in [1.82, 2.24) is 4.90 Å². The van der Waals surface area contributed by atoms with E-state index in [-0.39, 0.29) is 17.7 Å². The highest BCUT2D eigenvalue weighted by atomic mass is 16.2. The first kappa shape index (κ1) is 14.5. The van der Waals surface area contributed by atoms with Crippen LogP contribution in [0, 0.1) is 11.3 Å². The van der Waals surface area contributed by atoms with Crippen molar-refractivity contribution < 1.29 is 9.59 Å². The molecule has 2 N–H and O–H groups in total. The van der Waals surface area contributed by atoms with Gasteiger partial charge in [-0.25, -0.2) is 0 Å². The van der Waals surface area contributed by atoms with Crippen LogP contribution in [0.15, 0.2) is 0 Å². The maximum atomic E-state index is 12.8. The Balaban J connectivity index is 2.34. The summed E-state index contributed by atoms with van der Waals surface area (Å²) in [6.45, 7) is 6.36. The number of amides is 2. The Morgan fingerprint density at radius 3 is 2.21 bits per heavy atom. The highest BCUT2D eigenvalue weighted by Gasteiger charge is 2.56. The highest BCUT2D eigenvalue weighted by Crippen LogP contribution is 2.45. The van der Waals surface area contributed by atoms with Crippen LogP contribution < -0.4 is 5.73 Å². The van der Waals surface area contributed by atoms with Crippen LogP contribution in [-0.2, 0) is 9.59 Å². The van der Waals surface area contributed by atoms with Crippen molar-refractivity contribution in [2.24, 2.45) is 17.1 Å². The van der Waals surface area contributed by atoms with E-state index in [9.17, 15) is 9.59 Å². The summed E-state index contributed by atoms with van der Waals surface area (Å²) >= 11 is 0. The largest absolute Gasteiger partial charge is 0.328 e. The van der Waals surface area contributed by atoms with Crippen molar-refractivity contribution in [2.45, 2.75) is 64.8 Å². The third-order valence-corrected chi connectivity index (χ3v) is 5.37. The molecule has 0 aromatic carbocycles. The first-order valence-electron chi connectivity index (χ1n) is 7.45. The van der Waals surface area contributed by atoms with Gasteiger partial charge < -0.3 is 5.73 Å². The Morgan fingerprint density at radius 2 is 1.79 bits per heavy atom. The number of carbonyl (C=O) groups is 2. The molecule has 4 heteroatoms.